The van der Waals surface area contributed by atoms with Crippen LogP contribution in [-0.2, 0) is 9.47 Å². The van der Waals surface area contributed by atoms with E-state index < -0.39 is 39.9 Å². The molecule has 0 unspecified atom stereocenters. The number of carbonyl (C=O) groups is 1. The van der Waals surface area contributed by atoms with E-state index in [0.717, 1.165) is 22.5 Å². The molecule has 3 atom stereocenters. The molecule has 2 N–H and O–H groups in total. The van der Waals surface area contributed by atoms with Gasteiger partial charge in [-0.05, 0) is 5.41 Å². The Morgan fingerprint density at radius 2 is 2.16 bits per heavy atom. The fraction of sp³-hybridized carbons (Fsp3) is 0.667. The number of aromatic amines is 1. The first-order chi connectivity index (χ1) is 11.6. The van der Waals surface area contributed by atoms with Gasteiger partial charge in [0.25, 0.3) is 5.56 Å². The van der Waals surface area contributed by atoms with Gasteiger partial charge in [-0.2, -0.15) is 4.39 Å². The number of halogens is 1. The van der Waals surface area contributed by atoms with Gasteiger partial charge in [-0.1, -0.05) is 20.8 Å². The fourth-order valence-electron chi connectivity index (χ4n) is 2.27. The Morgan fingerprint density at radius 1 is 1.48 bits per heavy atom. The molecule has 0 aliphatic carbocycles. The number of ether oxygens (including phenoxy) is 2. The lowest BCUT2D eigenvalue weighted by molar-refractivity contribution is 0.00220. The van der Waals surface area contributed by atoms with Crippen molar-refractivity contribution in [2.24, 2.45) is 5.41 Å². The van der Waals surface area contributed by atoms with Crippen molar-refractivity contribution in [1.29, 1.82) is 0 Å². The zero-order valence-electron chi connectivity index (χ0n) is 14.2. The topological polar surface area (TPSA) is 111 Å². The number of nitrogens with one attached hydrogen (secondary N) is 1. The highest BCUT2D eigenvalue weighted by Crippen LogP contribution is 2.42. The van der Waals surface area contributed by atoms with E-state index in [2.05, 4.69) is 0 Å². The summed E-state index contributed by atoms with van der Waals surface area (Å²) in [5.74, 6) is -1.09. The molecule has 0 spiro atoms. The molecule has 0 radical (unpaired) electrons. The summed E-state index contributed by atoms with van der Waals surface area (Å²) in [4.78, 5) is 36.6. The van der Waals surface area contributed by atoms with E-state index >= 15 is 0 Å². The number of thioether (sulfide) groups is 1. The number of aromatic nitrogens is 2. The fourth-order valence-corrected chi connectivity index (χ4v) is 3.69. The molecule has 25 heavy (non-hydrogen) atoms. The van der Waals surface area contributed by atoms with Crippen molar-refractivity contribution in [3.8, 4) is 0 Å². The first-order valence-corrected chi connectivity index (χ1v) is 8.65. The van der Waals surface area contributed by atoms with Crippen molar-refractivity contribution in [2.75, 3.05) is 13.2 Å². The van der Waals surface area contributed by atoms with E-state index in [1.165, 1.54) is 0 Å². The minimum absolute atomic E-state index is 0.170. The quantitative estimate of drug-likeness (QED) is 0.761. The third kappa shape index (κ3) is 5.08. The molecule has 10 heteroatoms. The Hall–Kier alpha value is -1.81. The normalized spacial score (nSPS) is 23.5. The zero-order valence-corrected chi connectivity index (χ0v) is 15.0. The summed E-state index contributed by atoms with van der Waals surface area (Å²) in [6, 6.07) is 0. The van der Waals surface area contributed by atoms with Crippen LogP contribution in [0, 0.1) is 11.2 Å². The summed E-state index contributed by atoms with van der Waals surface area (Å²) in [7, 11) is 0. The summed E-state index contributed by atoms with van der Waals surface area (Å²) >= 11 is 1.16. The lowest BCUT2D eigenvalue weighted by Crippen LogP contribution is -2.33. The molecule has 1 saturated heterocycles. The highest BCUT2D eigenvalue weighted by atomic mass is 32.2. The summed E-state index contributed by atoms with van der Waals surface area (Å²) in [6.07, 6.45) is -0.576. The van der Waals surface area contributed by atoms with Crippen molar-refractivity contribution < 1.29 is 23.8 Å². The maximum atomic E-state index is 13.4. The lowest BCUT2D eigenvalue weighted by atomic mass is 9.99. The third-order valence-corrected chi connectivity index (χ3v) is 5.00. The van der Waals surface area contributed by atoms with Crippen LogP contribution in [0.3, 0.4) is 0 Å². The van der Waals surface area contributed by atoms with Gasteiger partial charge in [0.15, 0.2) is 0 Å². The second-order valence-corrected chi connectivity index (χ2v) is 8.37. The second-order valence-electron chi connectivity index (χ2n) is 6.95. The lowest BCUT2D eigenvalue weighted by Gasteiger charge is -2.20. The molecule has 0 bridgehead atoms. The van der Waals surface area contributed by atoms with Gasteiger partial charge in [-0.15, -0.1) is 11.8 Å². The molecule has 1 aliphatic rings. The van der Waals surface area contributed by atoms with Crippen molar-refractivity contribution in [2.45, 2.75) is 43.9 Å². The molecule has 1 aromatic rings. The van der Waals surface area contributed by atoms with Crippen LogP contribution in [0.1, 0.15) is 32.6 Å². The Morgan fingerprint density at radius 3 is 2.76 bits per heavy atom. The van der Waals surface area contributed by atoms with Gasteiger partial charge in [0.1, 0.15) is 6.10 Å². The predicted octanol–water partition coefficient (Wildman–Crippen LogP) is 1.24. The van der Waals surface area contributed by atoms with Crippen molar-refractivity contribution in [3.05, 3.63) is 32.9 Å². The standard InChI is InChI=1S/C15H21FN2O6S/c1-15(2,3)7-23-14(22)24-9-4-11(25-10(9)6-19)18-5-8(16)12(20)17-13(18)21/h5,9-11,19H,4,6-7H2,1-3H3,(H,17,20,21)/t9-,10+,11+/m0/s1. The summed E-state index contributed by atoms with van der Waals surface area (Å²) in [5.41, 5.74) is -2.08. The molecule has 0 aromatic carbocycles. The molecule has 2 rings (SSSR count). The molecular formula is C15H21FN2O6S. The van der Waals surface area contributed by atoms with Crippen molar-refractivity contribution >= 4 is 17.9 Å². The maximum Gasteiger partial charge on any atom is 0.508 e. The molecule has 1 fully saturated rings. The Kier molecular flexibility index (Phi) is 5.94. The third-order valence-electron chi connectivity index (χ3n) is 3.47. The van der Waals surface area contributed by atoms with E-state index in [0.29, 0.717) is 0 Å². The molecule has 8 nitrogen and oxygen atoms in total. The van der Waals surface area contributed by atoms with Gasteiger partial charge in [0, 0.05) is 6.42 Å². The number of nitrogens with zero attached hydrogens (tertiary/aromatic N) is 1. The number of H-pyrrole nitrogens is 1. The molecule has 140 valence electrons. The van der Waals surface area contributed by atoms with Crippen LogP contribution in [0.4, 0.5) is 9.18 Å². The first-order valence-electron chi connectivity index (χ1n) is 7.71. The number of aliphatic hydroxyl groups excluding tert-OH is 1. The minimum Gasteiger partial charge on any atom is -0.434 e. The van der Waals surface area contributed by atoms with Gasteiger partial charge >= 0.3 is 11.8 Å². The summed E-state index contributed by atoms with van der Waals surface area (Å²) in [6.45, 7) is 5.57. The highest BCUT2D eigenvalue weighted by Gasteiger charge is 2.39. The Bertz CT molecular complexity index is 741. The van der Waals surface area contributed by atoms with Gasteiger partial charge in [-0.25, -0.2) is 9.59 Å². The number of aliphatic hydroxyl groups is 1. The van der Waals surface area contributed by atoms with E-state index in [4.69, 9.17) is 9.47 Å². The zero-order chi connectivity index (χ0) is 18.8. The number of rotatable bonds is 4. The van der Waals surface area contributed by atoms with Crippen molar-refractivity contribution in [3.63, 3.8) is 0 Å². The minimum atomic E-state index is -1.10. The van der Waals surface area contributed by atoms with Gasteiger partial charge in [0.2, 0.25) is 5.82 Å². The average molecular weight is 376 g/mol. The van der Waals surface area contributed by atoms with E-state index in [9.17, 15) is 23.9 Å². The number of hydrogen-bond acceptors (Lipinski definition) is 7. The second kappa shape index (κ2) is 7.61. The van der Waals surface area contributed by atoms with Gasteiger partial charge in [-0.3, -0.25) is 14.3 Å². The number of carbonyl (C=O) groups excluding carboxylic acids is 1. The molecule has 2 heterocycles. The molecular weight excluding hydrogens is 355 g/mol. The largest absolute Gasteiger partial charge is 0.508 e. The Balaban J connectivity index is 2.07. The summed E-state index contributed by atoms with van der Waals surface area (Å²) < 4.78 is 24.7. The van der Waals surface area contributed by atoms with Crippen LogP contribution in [-0.4, -0.2) is 45.4 Å². The van der Waals surface area contributed by atoms with Crippen LogP contribution in [0.5, 0.6) is 0 Å². The van der Waals surface area contributed by atoms with E-state index in [1.807, 2.05) is 25.8 Å². The highest BCUT2D eigenvalue weighted by molar-refractivity contribution is 8.00. The average Bonchev–Trinajstić information content (AvgIpc) is 2.91. The summed E-state index contributed by atoms with van der Waals surface area (Å²) in [5, 5.41) is 8.39. The smallest absolute Gasteiger partial charge is 0.434 e. The van der Waals surface area contributed by atoms with Crippen LogP contribution < -0.4 is 11.2 Å². The SMILES string of the molecule is CC(C)(C)COC(=O)O[C@H]1C[C@H](n2cc(F)c(=O)[nH]c2=O)S[C@@H]1CO. The molecule has 0 amide bonds. The predicted molar refractivity (Wildman–Crippen MR) is 89.1 cm³/mol. The number of hydrogen-bond donors (Lipinski definition) is 2. The Labute approximate surface area is 147 Å². The monoisotopic (exact) mass is 376 g/mol. The van der Waals surface area contributed by atoms with Gasteiger partial charge < -0.3 is 14.6 Å². The molecule has 0 saturated carbocycles. The first kappa shape index (κ1) is 19.5. The molecule has 1 aromatic heterocycles. The van der Waals surface area contributed by atoms with Crippen molar-refractivity contribution in [1.82, 2.24) is 9.55 Å². The van der Waals surface area contributed by atoms with Crippen LogP contribution in [0.15, 0.2) is 15.8 Å². The van der Waals surface area contributed by atoms with Crippen LogP contribution in [0.2, 0.25) is 0 Å². The van der Waals surface area contributed by atoms with Crippen LogP contribution >= 0.6 is 11.8 Å². The van der Waals surface area contributed by atoms with Gasteiger partial charge in [0.05, 0.1) is 30.0 Å². The molecule has 1 aliphatic heterocycles. The van der Waals surface area contributed by atoms with E-state index in [1.54, 1.807) is 0 Å². The maximum absolute atomic E-state index is 13.4. The van der Waals surface area contributed by atoms with Crippen LogP contribution in [0.25, 0.3) is 0 Å². The van der Waals surface area contributed by atoms with E-state index in [-0.39, 0.29) is 25.0 Å².